The number of likely N-dealkylation sites (N-methyl/N-ethyl adjacent to an activating group) is 1. The van der Waals surface area contributed by atoms with Crippen LogP contribution in [-0.2, 0) is 24.4 Å². The lowest BCUT2D eigenvalue weighted by Gasteiger charge is -2.31. The van der Waals surface area contributed by atoms with E-state index in [-0.39, 0.29) is 18.6 Å². The second-order valence-electron chi connectivity index (χ2n) is 4.96. The summed E-state index contributed by atoms with van der Waals surface area (Å²) in [6, 6.07) is 9.44. The van der Waals surface area contributed by atoms with Gasteiger partial charge < -0.3 is 10.0 Å². The molecule has 6 nitrogen and oxygen atoms in total. The second kappa shape index (κ2) is 5.05. The average molecular weight is 272 g/mol. The molecule has 0 aliphatic carbocycles. The summed E-state index contributed by atoms with van der Waals surface area (Å²) in [7, 11) is 1.76. The van der Waals surface area contributed by atoms with Gasteiger partial charge in [0.25, 0.3) is 0 Å². The summed E-state index contributed by atoms with van der Waals surface area (Å²) in [5, 5.41) is 17.4. The number of aliphatic hydroxyl groups is 1. The smallest absolute Gasteiger partial charge is 0.246 e. The SMILES string of the molecule is CN1Cc2nnc(CO)n2[C@H](Cc2ccccc2)C1=O. The molecule has 1 aliphatic rings. The monoisotopic (exact) mass is 272 g/mol. The summed E-state index contributed by atoms with van der Waals surface area (Å²) < 4.78 is 1.77. The number of carbonyl (C=O) groups excluding carboxylic acids is 1. The van der Waals surface area contributed by atoms with Crippen LogP contribution in [0.25, 0.3) is 0 Å². The van der Waals surface area contributed by atoms with Gasteiger partial charge in [0, 0.05) is 13.5 Å². The highest BCUT2D eigenvalue weighted by molar-refractivity contribution is 5.81. The fraction of sp³-hybridized carbons (Fsp3) is 0.357. The number of nitrogens with zero attached hydrogens (tertiary/aromatic N) is 4. The molecular weight excluding hydrogens is 256 g/mol. The van der Waals surface area contributed by atoms with Gasteiger partial charge in [-0.05, 0) is 5.56 Å². The lowest BCUT2D eigenvalue weighted by atomic mass is 10.0. The molecule has 1 N–H and O–H groups in total. The molecule has 1 amide bonds. The van der Waals surface area contributed by atoms with Crippen molar-refractivity contribution in [1.82, 2.24) is 19.7 Å². The summed E-state index contributed by atoms with van der Waals surface area (Å²) in [6.07, 6.45) is 0.571. The van der Waals surface area contributed by atoms with Crippen LogP contribution in [0.5, 0.6) is 0 Å². The van der Waals surface area contributed by atoms with Crippen molar-refractivity contribution in [2.45, 2.75) is 25.6 Å². The molecule has 0 bridgehead atoms. The Morgan fingerprint density at radius 3 is 2.75 bits per heavy atom. The third kappa shape index (κ3) is 2.08. The molecular formula is C14H16N4O2. The second-order valence-corrected chi connectivity index (χ2v) is 4.96. The molecule has 3 rings (SSSR count). The van der Waals surface area contributed by atoms with Crippen molar-refractivity contribution in [3.8, 4) is 0 Å². The van der Waals surface area contributed by atoms with Crippen LogP contribution in [0, 0.1) is 0 Å². The fourth-order valence-corrected chi connectivity index (χ4v) is 2.61. The van der Waals surface area contributed by atoms with Crippen LogP contribution in [0.1, 0.15) is 23.3 Å². The molecule has 2 heterocycles. The first-order chi connectivity index (χ1) is 9.70. The molecule has 1 aliphatic heterocycles. The number of amides is 1. The maximum Gasteiger partial charge on any atom is 0.246 e. The molecule has 1 atom stereocenters. The molecule has 0 radical (unpaired) electrons. The molecule has 104 valence electrons. The number of aliphatic hydroxyl groups excluding tert-OH is 1. The van der Waals surface area contributed by atoms with E-state index >= 15 is 0 Å². The minimum atomic E-state index is -0.386. The van der Waals surface area contributed by atoms with Crippen molar-refractivity contribution >= 4 is 5.91 Å². The Morgan fingerprint density at radius 2 is 2.05 bits per heavy atom. The third-order valence-electron chi connectivity index (χ3n) is 3.60. The van der Waals surface area contributed by atoms with E-state index in [1.54, 1.807) is 16.5 Å². The van der Waals surface area contributed by atoms with E-state index in [9.17, 15) is 9.90 Å². The number of hydrogen-bond donors (Lipinski definition) is 1. The summed E-state index contributed by atoms with van der Waals surface area (Å²) in [6.45, 7) is 0.215. The summed E-state index contributed by atoms with van der Waals surface area (Å²) >= 11 is 0. The first-order valence-corrected chi connectivity index (χ1v) is 6.53. The highest BCUT2D eigenvalue weighted by Gasteiger charge is 2.34. The van der Waals surface area contributed by atoms with Gasteiger partial charge in [-0.1, -0.05) is 30.3 Å². The van der Waals surface area contributed by atoms with Crippen LogP contribution in [-0.4, -0.2) is 37.7 Å². The zero-order valence-electron chi connectivity index (χ0n) is 11.2. The molecule has 2 aromatic rings. The van der Waals surface area contributed by atoms with Crippen molar-refractivity contribution in [2.75, 3.05) is 7.05 Å². The Labute approximate surface area is 116 Å². The quantitative estimate of drug-likeness (QED) is 0.884. The van der Waals surface area contributed by atoms with Crippen molar-refractivity contribution in [2.24, 2.45) is 0 Å². The standard InChI is InChI=1S/C14H16N4O2/c1-17-8-12-15-16-13(9-19)18(12)11(14(17)20)7-10-5-3-2-4-6-10/h2-6,11,19H,7-9H2,1H3/t11-/m1/s1. The molecule has 0 saturated heterocycles. The molecule has 0 spiro atoms. The summed E-state index contributed by atoms with van der Waals surface area (Å²) in [5.41, 5.74) is 1.07. The molecule has 1 aromatic carbocycles. The minimum absolute atomic E-state index is 0.0239. The van der Waals surface area contributed by atoms with E-state index in [2.05, 4.69) is 10.2 Å². The summed E-state index contributed by atoms with van der Waals surface area (Å²) in [5.74, 6) is 1.19. The number of rotatable bonds is 3. The topological polar surface area (TPSA) is 71.2 Å². The van der Waals surface area contributed by atoms with E-state index in [0.29, 0.717) is 18.8 Å². The summed E-state index contributed by atoms with van der Waals surface area (Å²) in [4.78, 5) is 14.1. The fourth-order valence-electron chi connectivity index (χ4n) is 2.61. The van der Waals surface area contributed by atoms with Crippen molar-refractivity contribution in [3.63, 3.8) is 0 Å². The molecule has 0 unspecified atom stereocenters. The number of carbonyl (C=O) groups is 1. The highest BCUT2D eigenvalue weighted by Crippen LogP contribution is 2.25. The Bertz CT molecular complexity index is 623. The number of aromatic nitrogens is 3. The predicted molar refractivity (Wildman–Crippen MR) is 71.6 cm³/mol. The Kier molecular flexibility index (Phi) is 3.23. The van der Waals surface area contributed by atoms with Crippen LogP contribution >= 0.6 is 0 Å². The van der Waals surface area contributed by atoms with Gasteiger partial charge in [0.1, 0.15) is 12.6 Å². The van der Waals surface area contributed by atoms with Gasteiger partial charge in [-0.25, -0.2) is 0 Å². The largest absolute Gasteiger partial charge is 0.388 e. The van der Waals surface area contributed by atoms with Crippen LogP contribution in [0.4, 0.5) is 0 Å². The average Bonchev–Trinajstić information content (AvgIpc) is 2.87. The van der Waals surface area contributed by atoms with Crippen LogP contribution in [0.15, 0.2) is 30.3 Å². The van der Waals surface area contributed by atoms with Gasteiger partial charge >= 0.3 is 0 Å². The molecule has 6 heteroatoms. The zero-order valence-corrected chi connectivity index (χ0v) is 11.2. The van der Waals surface area contributed by atoms with E-state index < -0.39 is 0 Å². The van der Waals surface area contributed by atoms with Gasteiger partial charge in [0.15, 0.2) is 11.6 Å². The lowest BCUT2D eigenvalue weighted by Crippen LogP contribution is -2.41. The van der Waals surface area contributed by atoms with Gasteiger partial charge in [-0.3, -0.25) is 9.36 Å². The third-order valence-corrected chi connectivity index (χ3v) is 3.60. The van der Waals surface area contributed by atoms with E-state index in [1.165, 1.54) is 0 Å². The number of fused-ring (bicyclic) bond motifs is 1. The van der Waals surface area contributed by atoms with E-state index in [0.717, 1.165) is 11.4 Å². The van der Waals surface area contributed by atoms with E-state index in [1.807, 2.05) is 30.3 Å². The van der Waals surface area contributed by atoms with Crippen molar-refractivity contribution < 1.29 is 9.90 Å². The van der Waals surface area contributed by atoms with E-state index in [4.69, 9.17) is 0 Å². The zero-order chi connectivity index (χ0) is 14.1. The Morgan fingerprint density at radius 1 is 1.30 bits per heavy atom. The highest BCUT2D eigenvalue weighted by atomic mass is 16.3. The predicted octanol–water partition coefficient (Wildman–Crippen LogP) is 0.526. The van der Waals surface area contributed by atoms with Crippen molar-refractivity contribution in [1.29, 1.82) is 0 Å². The number of benzene rings is 1. The maximum atomic E-state index is 12.4. The first-order valence-electron chi connectivity index (χ1n) is 6.53. The van der Waals surface area contributed by atoms with Gasteiger partial charge in [-0.15, -0.1) is 10.2 Å². The molecule has 0 fully saturated rings. The Hall–Kier alpha value is -2.21. The number of hydrogen-bond acceptors (Lipinski definition) is 4. The first kappa shape index (κ1) is 12.8. The molecule has 20 heavy (non-hydrogen) atoms. The van der Waals surface area contributed by atoms with Crippen LogP contribution in [0.3, 0.4) is 0 Å². The van der Waals surface area contributed by atoms with Crippen molar-refractivity contribution in [3.05, 3.63) is 47.5 Å². The normalized spacial score (nSPS) is 18.2. The van der Waals surface area contributed by atoms with Crippen LogP contribution < -0.4 is 0 Å². The van der Waals surface area contributed by atoms with Crippen LogP contribution in [0.2, 0.25) is 0 Å². The van der Waals surface area contributed by atoms with Gasteiger partial charge in [0.05, 0.1) is 6.54 Å². The maximum absolute atomic E-state index is 12.4. The molecule has 0 saturated carbocycles. The Balaban J connectivity index is 2.00. The van der Waals surface area contributed by atoms with Gasteiger partial charge in [-0.2, -0.15) is 0 Å². The van der Waals surface area contributed by atoms with Gasteiger partial charge in [0.2, 0.25) is 5.91 Å². The molecule has 1 aromatic heterocycles. The minimum Gasteiger partial charge on any atom is -0.388 e. The lowest BCUT2D eigenvalue weighted by molar-refractivity contribution is -0.136.